The normalized spacial score (nSPS) is 15.9. The first-order valence-corrected chi connectivity index (χ1v) is 8.36. The summed E-state index contributed by atoms with van der Waals surface area (Å²) < 4.78 is 13.7. The minimum absolute atomic E-state index is 0.124. The van der Waals surface area contributed by atoms with Gasteiger partial charge in [0.1, 0.15) is 5.82 Å². The van der Waals surface area contributed by atoms with Crippen LogP contribution in [-0.2, 0) is 0 Å². The highest BCUT2D eigenvalue weighted by Crippen LogP contribution is 2.19. The number of nitrogens with one attached hydrogen (secondary N) is 2. The van der Waals surface area contributed by atoms with E-state index in [4.69, 9.17) is 0 Å². The van der Waals surface area contributed by atoms with Crippen molar-refractivity contribution in [3.8, 4) is 0 Å². The predicted molar refractivity (Wildman–Crippen MR) is 91.3 cm³/mol. The molecule has 2 rings (SSSR count). The molecule has 0 saturated carbocycles. The number of rotatable bonds is 3. The monoisotopic (exact) mass is 335 g/mol. The summed E-state index contributed by atoms with van der Waals surface area (Å²) in [4.78, 5) is 25.8. The fourth-order valence-electron chi connectivity index (χ4n) is 2.77. The van der Waals surface area contributed by atoms with Gasteiger partial charge < -0.3 is 15.5 Å². The largest absolute Gasteiger partial charge is 0.339 e. The molecule has 3 amide bonds. The van der Waals surface area contributed by atoms with Gasteiger partial charge in [-0.15, -0.1) is 0 Å². The van der Waals surface area contributed by atoms with E-state index < -0.39 is 5.82 Å². The number of carbonyl (C=O) groups excluding carboxylic acids is 2. The summed E-state index contributed by atoms with van der Waals surface area (Å²) in [7, 11) is 0. The lowest BCUT2D eigenvalue weighted by molar-refractivity contribution is 0.0685. The van der Waals surface area contributed by atoms with Crippen LogP contribution in [0.25, 0.3) is 0 Å². The molecule has 1 aromatic rings. The number of carbonyl (C=O) groups is 2. The average Bonchev–Trinajstić information content (AvgIpc) is 2.52. The molecule has 1 heterocycles. The minimum atomic E-state index is -0.481. The molecule has 0 spiro atoms. The van der Waals surface area contributed by atoms with Crippen LogP contribution >= 0.6 is 0 Å². The van der Waals surface area contributed by atoms with Gasteiger partial charge in [-0.3, -0.25) is 4.79 Å². The number of benzene rings is 1. The second-order valence-electron chi connectivity index (χ2n) is 7.30. The molecule has 0 bridgehead atoms. The average molecular weight is 335 g/mol. The van der Waals surface area contributed by atoms with E-state index >= 15 is 0 Å². The predicted octanol–water partition coefficient (Wildman–Crippen LogP) is 2.78. The van der Waals surface area contributed by atoms with Crippen LogP contribution in [0.3, 0.4) is 0 Å². The van der Waals surface area contributed by atoms with Gasteiger partial charge in [-0.05, 0) is 51.7 Å². The summed E-state index contributed by atoms with van der Waals surface area (Å²) in [5, 5.41) is 5.74. The molecule has 5 nitrogen and oxygen atoms in total. The molecular formula is C18H26FN3O2. The summed E-state index contributed by atoms with van der Waals surface area (Å²) in [6, 6.07) is 5.89. The molecule has 0 unspecified atom stereocenters. The highest BCUT2D eigenvalue weighted by atomic mass is 19.1. The summed E-state index contributed by atoms with van der Waals surface area (Å²) in [6.45, 7) is 7.54. The lowest BCUT2D eigenvalue weighted by atomic mass is 9.96. The van der Waals surface area contributed by atoms with Crippen molar-refractivity contribution in [3.63, 3.8) is 0 Å². The number of nitrogens with zero attached hydrogens (tertiary/aromatic N) is 1. The topological polar surface area (TPSA) is 61.4 Å². The van der Waals surface area contributed by atoms with Crippen molar-refractivity contribution in [1.29, 1.82) is 0 Å². The number of amides is 3. The van der Waals surface area contributed by atoms with Gasteiger partial charge >= 0.3 is 6.03 Å². The van der Waals surface area contributed by atoms with Crippen molar-refractivity contribution >= 4 is 11.9 Å². The first-order valence-electron chi connectivity index (χ1n) is 8.36. The van der Waals surface area contributed by atoms with Crippen molar-refractivity contribution in [2.24, 2.45) is 5.92 Å². The zero-order valence-corrected chi connectivity index (χ0v) is 14.6. The van der Waals surface area contributed by atoms with Crippen molar-refractivity contribution in [2.75, 3.05) is 19.6 Å². The zero-order chi connectivity index (χ0) is 17.7. The molecule has 0 atom stereocenters. The Kier molecular flexibility index (Phi) is 5.80. The minimum Gasteiger partial charge on any atom is -0.339 e. The lowest BCUT2D eigenvalue weighted by Gasteiger charge is -2.32. The first kappa shape index (κ1) is 18.2. The SMILES string of the molecule is CC(C)(C)NC(=O)NCC1CCN(C(=O)c2ccccc2F)CC1. The van der Waals surface area contributed by atoms with Gasteiger partial charge in [0.25, 0.3) is 5.91 Å². The molecule has 1 fully saturated rings. The molecule has 2 N–H and O–H groups in total. The quantitative estimate of drug-likeness (QED) is 0.892. The fraction of sp³-hybridized carbons (Fsp3) is 0.556. The Hall–Kier alpha value is -2.11. The van der Waals surface area contributed by atoms with Gasteiger partial charge in [0, 0.05) is 25.2 Å². The number of halogens is 1. The molecule has 6 heteroatoms. The van der Waals surface area contributed by atoms with Gasteiger partial charge in [-0.25, -0.2) is 9.18 Å². The third-order valence-corrected chi connectivity index (χ3v) is 4.05. The summed E-state index contributed by atoms with van der Waals surface area (Å²) in [5.41, 5.74) is -0.141. The Balaban J connectivity index is 1.78. The van der Waals surface area contributed by atoms with Gasteiger partial charge in [-0.2, -0.15) is 0 Å². The molecule has 0 aromatic heterocycles. The first-order chi connectivity index (χ1) is 11.3. The third-order valence-electron chi connectivity index (χ3n) is 4.05. The van der Waals surface area contributed by atoms with Crippen LogP contribution in [0.4, 0.5) is 9.18 Å². The number of urea groups is 1. The highest BCUT2D eigenvalue weighted by molar-refractivity contribution is 5.94. The summed E-state index contributed by atoms with van der Waals surface area (Å²) >= 11 is 0. The van der Waals surface area contributed by atoms with E-state index in [0.29, 0.717) is 25.6 Å². The van der Waals surface area contributed by atoms with E-state index in [0.717, 1.165) is 12.8 Å². The highest BCUT2D eigenvalue weighted by Gasteiger charge is 2.25. The van der Waals surface area contributed by atoms with Crippen LogP contribution in [0.15, 0.2) is 24.3 Å². The fourth-order valence-corrected chi connectivity index (χ4v) is 2.77. The van der Waals surface area contributed by atoms with Crippen molar-refractivity contribution < 1.29 is 14.0 Å². The Labute approximate surface area is 142 Å². The van der Waals surface area contributed by atoms with E-state index in [1.54, 1.807) is 17.0 Å². The molecule has 24 heavy (non-hydrogen) atoms. The summed E-state index contributed by atoms with van der Waals surface area (Å²) in [5.74, 6) is -0.407. The van der Waals surface area contributed by atoms with Crippen molar-refractivity contribution in [3.05, 3.63) is 35.6 Å². The van der Waals surface area contributed by atoms with Crippen LogP contribution in [-0.4, -0.2) is 42.0 Å². The Bertz CT molecular complexity index is 590. The standard InChI is InChI=1S/C18H26FN3O2/c1-18(2,3)21-17(24)20-12-13-8-10-22(11-9-13)16(23)14-6-4-5-7-15(14)19/h4-7,13H,8-12H2,1-3H3,(H2,20,21,24). The molecule has 132 valence electrons. The van der Waals surface area contributed by atoms with Gasteiger partial charge in [0.15, 0.2) is 0 Å². The number of hydrogen-bond acceptors (Lipinski definition) is 2. The Morgan fingerprint density at radius 2 is 1.83 bits per heavy atom. The maximum Gasteiger partial charge on any atom is 0.315 e. The third kappa shape index (κ3) is 5.22. The van der Waals surface area contributed by atoms with Gasteiger partial charge in [0.2, 0.25) is 0 Å². The van der Waals surface area contributed by atoms with Gasteiger partial charge in [0.05, 0.1) is 5.56 Å². The molecule has 1 saturated heterocycles. The lowest BCUT2D eigenvalue weighted by Crippen LogP contribution is -2.48. The molecular weight excluding hydrogens is 309 g/mol. The maximum atomic E-state index is 13.7. The van der Waals surface area contributed by atoms with E-state index in [1.165, 1.54) is 12.1 Å². The maximum absolute atomic E-state index is 13.7. The molecule has 0 radical (unpaired) electrons. The smallest absolute Gasteiger partial charge is 0.315 e. The number of likely N-dealkylation sites (tertiary alicyclic amines) is 1. The summed E-state index contributed by atoms with van der Waals surface area (Å²) in [6.07, 6.45) is 1.60. The van der Waals surface area contributed by atoms with E-state index in [9.17, 15) is 14.0 Å². The zero-order valence-electron chi connectivity index (χ0n) is 14.6. The van der Waals surface area contributed by atoms with Crippen LogP contribution in [0.1, 0.15) is 44.0 Å². The second-order valence-corrected chi connectivity index (χ2v) is 7.30. The van der Waals surface area contributed by atoms with Gasteiger partial charge in [-0.1, -0.05) is 12.1 Å². The van der Waals surface area contributed by atoms with Crippen LogP contribution in [0.2, 0.25) is 0 Å². The second kappa shape index (κ2) is 7.64. The van der Waals surface area contributed by atoms with E-state index in [2.05, 4.69) is 10.6 Å². The number of piperidine rings is 1. The Morgan fingerprint density at radius 3 is 2.42 bits per heavy atom. The van der Waals surface area contributed by atoms with Crippen LogP contribution in [0.5, 0.6) is 0 Å². The Morgan fingerprint density at radius 1 is 1.21 bits per heavy atom. The molecule has 1 aromatic carbocycles. The van der Waals surface area contributed by atoms with E-state index in [-0.39, 0.29) is 23.0 Å². The van der Waals surface area contributed by atoms with Crippen molar-refractivity contribution in [2.45, 2.75) is 39.2 Å². The van der Waals surface area contributed by atoms with Crippen LogP contribution < -0.4 is 10.6 Å². The molecule has 1 aliphatic rings. The molecule has 0 aliphatic carbocycles. The van der Waals surface area contributed by atoms with Crippen molar-refractivity contribution in [1.82, 2.24) is 15.5 Å². The number of hydrogen-bond donors (Lipinski definition) is 2. The van der Waals surface area contributed by atoms with Crippen LogP contribution in [0, 0.1) is 11.7 Å². The van der Waals surface area contributed by atoms with E-state index in [1.807, 2.05) is 20.8 Å². The molecule has 1 aliphatic heterocycles.